The molecule has 3 aromatic rings. The summed E-state index contributed by atoms with van der Waals surface area (Å²) in [5.74, 6) is 0.535. The summed E-state index contributed by atoms with van der Waals surface area (Å²) in [5, 5.41) is 3.97. The topological polar surface area (TPSA) is 70.5 Å². The van der Waals surface area contributed by atoms with E-state index in [1.165, 1.54) is 4.57 Å². The molecule has 8 heteroatoms. The zero-order valence-corrected chi connectivity index (χ0v) is 22.4. The van der Waals surface area contributed by atoms with Gasteiger partial charge >= 0.3 is 0 Å². The molecule has 0 spiro atoms. The molecule has 1 saturated heterocycles. The van der Waals surface area contributed by atoms with Crippen LogP contribution in [0.3, 0.4) is 0 Å². The molecule has 1 aliphatic rings. The van der Waals surface area contributed by atoms with Crippen LogP contribution in [0.5, 0.6) is 0 Å². The maximum atomic E-state index is 13.8. The van der Waals surface area contributed by atoms with Crippen molar-refractivity contribution in [3.63, 3.8) is 0 Å². The summed E-state index contributed by atoms with van der Waals surface area (Å²) in [5.41, 5.74) is 2.09. The Hall–Kier alpha value is -2.90. The number of hydrogen-bond donors (Lipinski definition) is 1. The van der Waals surface area contributed by atoms with Crippen molar-refractivity contribution in [3.05, 3.63) is 57.8 Å². The van der Waals surface area contributed by atoms with Gasteiger partial charge in [0.15, 0.2) is 0 Å². The van der Waals surface area contributed by atoms with Crippen LogP contribution in [-0.4, -0.2) is 59.1 Å². The fourth-order valence-electron chi connectivity index (χ4n) is 4.63. The number of fused-ring (bicyclic) bond motifs is 1. The van der Waals surface area contributed by atoms with Crippen molar-refractivity contribution in [1.29, 1.82) is 0 Å². The van der Waals surface area contributed by atoms with Gasteiger partial charge in [-0.05, 0) is 56.5 Å². The van der Waals surface area contributed by atoms with Crippen LogP contribution >= 0.6 is 11.6 Å². The lowest BCUT2D eigenvalue weighted by Gasteiger charge is -2.26. The Balaban J connectivity index is 1.75. The Morgan fingerprint density at radius 2 is 1.86 bits per heavy atom. The molecular formula is C28H36ClN5O2. The molecule has 7 nitrogen and oxygen atoms in total. The third-order valence-corrected chi connectivity index (χ3v) is 6.89. The minimum atomic E-state index is -0.227. The van der Waals surface area contributed by atoms with E-state index in [1.807, 2.05) is 44.2 Å². The Kier molecular flexibility index (Phi) is 8.32. The number of amides is 1. The van der Waals surface area contributed by atoms with Crippen LogP contribution in [0.2, 0.25) is 5.02 Å². The van der Waals surface area contributed by atoms with Crippen molar-refractivity contribution in [3.8, 4) is 11.4 Å². The van der Waals surface area contributed by atoms with Crippen molar-refractivity contribution >= 4 is 34.1 Å². The number of benzene rings is 2. The normalized spacial score (nSPS) is 15.0. The molecule has 0 unspecified atom stereocenters. The number of carbonyl (C=O) groups excluding carboxylic acids is 1. The van der Waals surface area contributed by atoms with Crippen LogP contribution in [0.15, 0.2) is 47.3 Å². The maximum absolute atomic E-state index is 13.8. The highest BCUT2D eigenvalue weighted by atomic mass is 35.5. The van der Waals surface area contributed by atoms with Gasteiger partial charge in [0.1, 0.15) is 12.4 Å². The van der Waals surface area contributed by atoms with Gasteiger partial charge in [-0.15, -0.1) is 0 Å². The van der Waals surface area contributed by atoms with Crippen molar-refractivity contribution < 1.29 is 4.79 Å². The predicted molar refractivity (Wildman–Crippen MR) is 148 cm³/mol. The summed E-state index contributed by atoms with van der Waals surface area (Å²) in [4.78, 5) is 36.2. The standard InChI is InChI=1S/C28H36ClN5O2/c1-19(2)17-30-26(35)18-34-27(21-7-5-8-22(29)15-21)31-25-10-9-23(16-24(25)28(34)36)33-12-6-11-32(13-14-33)20(3)4/h5,7-10,15-16,19-20H,6,11-14,17-18H2,1-4H3,(H,30,35). The molecule has 4 rings (SSSR count). The number of nitrogens with one attached hydrogen (secondary N) is 1. The van der Waals surface area contributed by atoms with Crippen LogP contribution in [-0.2, 0) is 11.3 Å². The third kappa shape index (κ3) is 6.08. The average molecular weight is 510 g/mol. The summed E-state index contributed by atoms with van der Waals surface area (Å²) in [6.07, 6.45) is 1.07. The number of rotatable bonds is 7. The number of aromatic nitrogens is 2. The second-order valence-electron chi connectivity index (χ2n) is 10.2. The van der Waals surface area contributed by atoms with Crippen LogP contribution in [0, 0.1) is 5.92 Å². The molecular weight excluding hydrogens is 474 g/mol. The van der Waals surface area contributed by atoms with E-state index in [1.54, 1.807) is 12.1 Å². The van der Waals surface area contributed by atoms with Gasteiger partial charge in [0.25, 0.3) is 5.56 Å². The monoisotopic (exact) mass is 509 g/mol. The van der Waals surface area contributed by atoms with Crippen LogP contribution < -0.4 is 15.8 Å². The minimum Gasteiger partial charge on any atom is -0.370 e. The van der Waals surface area contributed by atoms with Crippen molar-refractivity contribution in [1.82, 2.24) is 19.8 Å². The molecule has 0 bridgehead atoms. The molecule has 0 radical (unpaired) electrons. The minimum absolute atomic E-state index is 0.104. The highest BCUT2D eigenvalue weighted by Crippen LogP contribution is 2.25. The highest BCUT2D eigenvalue weighted by Gasteiger charge is 2.20. The van der Waals surface area contributed by atoms with E-state index >= 15 is 0 Å². The molecule has 36 heavy (non-hydrogen) atoms. The van der Waals surface area contributed by atoms with Gasteiger partial charge in [0.05, 0.1) is 10.9 Å². The number of anilines is 1. The zero-order chi connectivity index (χ0) is 25.8. The summed E-state index contributed by atoms with van der Waals surface area (Å²) < 4.78 is 1.47. The third-order valence-electron chi connectivity index (χ3n) is 6.66. The van der Waals surface area contributed by atoms with E-state index in [2.05, 4.69) is 29.0 Å². The first-order chi connectivity index (χ1) is 17.2. The fraction of sp³-hybridized carbons (Fsp3) is 0.464. The summed E-state index contributed by atoms with van der Waals surface area (Å²) in [6.45, 7) is 12.9. The SMILES string of the molecule is CC(C)CNC(=O)Cn1c(-c2cccc(Cl)c2)nc2ccc(N3CCCN(C(C)C)CC3)cc2c1=O. The molecule has 1 N–H and O–H groups in total. The van der Waals surface area contributed by atoms with E-state index in [0.29, 0.717) is 45.8 Å². The first kappa shape index (κ1) is 26.2. The maximum Gasteiger partial charge on any atom is 0.262 e. The second-order valence-corrected chi connectivity index (χ2v) is 10.6. The summed E-state index contributed by atoms with van der Waals surface area (Å²) in [6, 6.07) is 13.6. The van der Waals surface area contributed by atoms with Crippen molar-refractivity contribution in [2.75, 3.05) is 37.6 Å². The quantitative estimate of drug-likeness (QED) is 0.511. The lowest BCUT2D eigenvalue weighted by Crippen LogP contribution is -2.35. The first-order valence-corrected chi connectivity index (χ1v) is 13.2. The molecule has 0 aliphatic carbocycles. The molecule has 2 aromatic carbocycles. The summed E-state index contributed by atoms with van der Waals surface area (Å²) in [7, 11) is 0. The Morgan fingerprint density at radius 3 is 2.58 bits per heavy atom. The number of carbonyl (C=O) groups is 1. The largest absolute Gasteiger partial charge is 0.370 e. The molecule has 1 aromatic heterocycles. The van der Waals surface area contributed by atoms with Crippen LogP contribution in [0.25, 0.3) is 22.3 Å². The van der Waals surface area contributed by atoms with Gasteiger partial charge < -0.3 is 10.2 Å². The van der Waals surface area contributed by atoms with E-state index in [-0.39, 0.29) is 18.0 Å². The lowest BCUT2D eigenvalue weighted by molar-refractivity contribution is -0.121. The van der Waals surface area contributed by atoms with Crippen LogP contribution in [0.1, 0.15) is 34.1 Å². The number of halogens is 1. The van der Waals surface area contributed by atoms with Gasteiger partial charge in [-0.2, -0.15) is 0 Å². The van der Waals surface area contributed by atoms with Gasteiger partial charge in [0.2, 0.25) is 5.91 Å². The molecule has 2 heterocycles. The Bertz CT molecular complexity index is 1290. The Labute approximate surface area is 218 Å². The molecule has 192 valence electrons. The first-order valence-electron chi connectivity index (χ1n) is 12.8. The van der Waals surface area contributed by atoms with E-state index < -0.39 is 0 Å². The fourth-order valence-corrected chi connectivity index (χ4v) is 4.82. The average Bonchev–Trinajstić information content (AvgIpc) is 3.11. The lowest BCUT2D eigenvalue weighted by atomic mass is 10.1. The van der Waals surface area contributed by atoms with Gasteiger partial charge in [-0.1, -0.05) is 37.6 Å². The number of nitrogens with zero attached hydrogens (tertiary/aromatic N) is 4. The van der Waals surface area contributed by atoms with Gasteiger partial charge in [-0.25, -0.2) is 4.98 Å². The molecule has 1 aliphatic heterocycles. The second kappa shape index (κ2) is 11.4. The predicted octanol–water partition coefficient (Wildman–Crippen LogP) is 4.41. The van der Waals surface area contributed by atoms with E-state index in [4.69, 9.17) is 16.6 Å². The number of hydrogen-bond acceptors (Lipinski definition) is 5. The highest BCUT2D eigenvalue weighted by molar-refractivity contribution is 6.30. The molecule has 1 fully saturated rings. The van der Waals surface area contributed by atoms with E-state index in [9.17, 15) is 9.59 Å². The molecule has 1 amide bonds. The zero-order valence-electron chi connectivity index (χ0n) is 21.6. The van der Waals surface area contributed by atoms with Crippen molar-refractivity contribution in [2.24, 2.45) is 5.92 Å². The Morgan fingerprint density at radius 1 is 1.06 bits per heavy atom. The smallest absolute Gasteiger partial charge is 0.262 e. The van der Waals surface area contributed by atoms with E-state index in [0.717, 1.165) is 38.3 Å². The molecule has 0 saturated carbocycles. The van der Waals surface area contributed by atoms with Gasteiger partial charge in [0, 0.05) is 55.0 Å². The van der Waals surface area contributed by atoms with Crippen molar-refractivity contribution in [2.45, 2.75) is 46.7 Å². The van der Waals surface area contributed by atoms with Crippen LogP contribution in [0.4, 0.5) is 5.69 Å². The van der Waals surface area contributed by atoms with Gasteiger partial charge in [-0.3, -0.25) is 19.1 Å². The molecule has 0 atom stereocenters. The summed E-state index contributed by atoms with van der Waals surface area (Å²) >= 11 is 6.24.